The summed E-state index contributed by atoms with van der Waals surface area (Å²) in [7, 11) is 0. The Morgan fingerprint density at radius 2 is 1.11 bits per heavy atom. The standard InChI is InChI=1S/C45H33N/c1-3-35-39-27-32-12-4-5-13-33(32)28-42(39)45(40-16-8-6-14-37(40)38-15-7-9-17-41(38)45)44(35)36-24-23-34(26-29(36)2)30-19-21-31(22-20-30)43-18-10-11-25-46-43/h4-28H,3H2,1-2H3. The van der Waals surface area contributed by atoms with Gasteiger partial charge in [0, 0.05) is 11.8 Å². The molecule has 0 atom stereocenters. The van der Waals surface area contributed by atoms with Gasteiger partial charge in [0.25, 0.3) is 0 Å². The molecule has 0 aliphatic heterocycles. The van der Waals surface area contributed by atoms with Crippen LogP contribution in [0.1, 0.15) is 46.7 Å². The molecule has 9 rings (SSSR count). The minimum atomic E-state index is -0.380. The van der Waals surface area contributed by atoms with Crippen LogP contribution in [0.5, 0.6) is 0 Å². The van der Waals surface area contributed by atoms with Crippen molar-refractivity contribution in [3.05, 3.63) is 185 Å². The molecule has 218 valence electrons. The second kappa shape index (κ2) is 10.3. The van der Waals surface area contributed by atoms with Gasteiger partial charge in [0.2, 0.25) is 0 Å². The number of hydrogen-bond acceptors (Lipinski definition) is 1. The van der Waals surface area contributed by atoms with Crippen molar-refractivity contribution in [1.82, 2.24) is 4.98 Å². The quantitative estimate of drug-likeness (QED) is 0.200. The van der Waals surface area contributed by atoms with E-state index in [2.05, 4.69) is 152 Å². The lowest BCUT2D eigenvalue weighted by Gasteiger charge is -2.34. The highest BCUT2D eigenvalue weighted by atomic mass is 14.7. The van der Waals surface area contributed by atoms with Crippen LogP contribution in [0.25, 0.3) is 55.4 Å². The number of hydrogen-bond donors (Lipinski definition) is 0. The summed E-state index contributed by atoms with van der Waals surface area (Å²) in [6, 6.07) is 53.9. The monoisotopic (exact) mass is 587 g/mol. The third-order valence-corrected chi connectivity index (χ3v) is 10.3. The first-order chi connectivity index (χ1) is 22.7. The summed E-state index contributed by atoms with van der Waals surface area (Å²) in [5, 5.41) is 2.59. The molecule has 2 aliphatic carbocycles. The first-order valence-electron chi connectivity index (χ1n) is 16.3. The van der Waals surface area contributed by atoms with Crippen LogP contribution >= 0.6 is 0 Å². The second-order valence-electron chi connectivity index (χ2n) is 12.6. The van der Waals surface area contributed by atoms with Gasteiger partial charge < -0.3 is 0 Å². The van der Waals surface area contributed by atoms with Gasteiger partial charge in [0.15, 0.2) is 0 Å². The Hall–Kier alpha value is -5.53. The van der Waals surface area contributed by atoms with Crippen LogP contribution in [0.3, 0.4) is 0 Å². The fourth-order valence-electron chi connectivity index (χ4n) is 8.31. The summed E-state index contributed by atoms with van der Waals surface area (Å²) in [6.45, 7) is 4.62. The molecule has 0 unspecified atom stereocenters. The number of aryl methyl sites for hydroxylation is 1. The summed E-state index contributed by atoms with van der Waals surface area (Å²) >= 11 is 0. The fourth-order valence-corrected chi connectivity index (χ4v) is 8.31. The maximum absolute atomic E-state index is 4.53. The predicted octanol–water partition coefficient (Wildman–Crippen LogP) is 11.5. The number of pyridine rings is 1. The Morgan fingerprint density at radius 1 is 0.500 bits per heavy atom. The lowest BCUT2D eigenvalue weighted by molar-refractivity contribution is 0.842. The molecule has 0 saturated carbocycles. The lowest BCUT2D eigenvalue weighted by Crippen LogP contribution is -2.27. The van der Waals surface area contributed by atoms with E-state index < -0.39 is 0 Å². The maximum Gasteiger partial charge on any atom is 0.0728 e. The lowest BCUT2D eigenvalue weighted by atomic mass is 9.67. The van der Waals surface area contributed by atoms with Crippen molar-refractivity contribution < 1.29 is 0 Å². The van der Waals surface area contributed by atoms with Crippen LogP contribution in [0, 0.1) is 6.92 Å². The van der Waals surface area contributed by atoms with E-state index in [-0.39, 0.29) is 5.41 Å². The zero-order valence-corrected chi connectivity index (χ0v) is 26.1. The molecule has 1 heterocycles. The number of rotatable bonds is 4. The molecule has 2 aliphatic rings. The van der Waals surface area contributed by atoms with E-state index in [1.807, 2.05) is 18.3 Å². The van der Waals surface area contributed by atoms with Gasteiger partial charge in [-0.3, -0.25) is 4.98 Å². The molecule has 1 spiro atoms. The van der Waals surface area contributed by atoms with Gasteiger partial charge in [-0.2, -0.15) is 0 Å². The Morgan fingerprint density at radius 3 is 1.76 bits per heavy atom. The van der Waals surface area contributed by atoms with Crippen molar-refractivity contribution >= 4 is 21.9 Å². The van der Waals surface area contributed by atoms with Crippen LogP contribution < -0.4 is 0 Å². The number of aromatic nitrogens is 1. The summed E-state index contributed by atoms with van der Waals surface area (Å²) in [4.78, 5) is 4.53. The third kappa shape index (κ3) is 3.72. The molecular formula is C45H33N. The van der Waals surface area contributed by atoms with Crippen LogP contribution in [0.2, 0.25) is 0 Å². The van der Waals surface area contributed by atoms with E-state index in [0.29, 0.717) is 0 Å². The van der Waals surface area contributed by atoms with Crippen LogP contribution in [0.15, 0.2) is 152 Å². The molecule has 0 saturated heterocycles. The van der Waals surface area contributed by atoms with E-state index in [1.54, 1.807) is 0 Å². The Bertz CT molecular complexity index is 2300. The second-order valence-corrected chi connectivity index (χ2v) is 12.6. The molecule has 0 bridgehead atoms. The normalized spacial score (nSPS) is 14.0. The van der Waals surface area contributed by atoms with E-state index in [0.717, 1.165) is 17.7 Å². The Balaban J connectivity index is 1.28. The predicted molar refractivity (Wildman–Crippen MR) is 193 cm³/mol. The van der Waals surface area contributed by atoms with E-state index in [9.17, 15) is 0 Å². The molecule has 1 aromatic heterocycles. The highest BCUT2D eigenvalue weighted by Gasteiger charge is 2.53. The molecular weight excluding hydrogens is 555 g/mol. The van der Waals surface area contributed by atoms with Gasteiger partial charge in [-0.05, 0) is 115 Å². The van der Waals surface area contributed by atoms with Crippen molar-refractivity contribution in [2.45, 2.75) is 25.7 Å². The zero-order chi connectivity index (χ0) is 30.8. The number of fused-ring (bicyclic) bond motifs is 8. The first-order valence-corrected chi connectivity index (χ1v) is 16.3. The summed E-state index contributed by atoms with van der Waals surface area (Å²) < 4.78 is 0. The Labute approximate surface area is 270 Å². The van der Waals surface area contributed by atoms with Crippen molar-refractivity contribution in [2.24, 2.45) is 0 Å². The zero-order valence-electron chi connectivity index (χ0n) is 26.1. The van der Waals surface area contributed by atoms with E-state index in [1.165, 1.54) is 77.6 Å². The molecule has 6 aromatic carbocycles. The number of benzene rings is 6. The van der Waals surface area contributed by atoms with Gasteiger partial charge in [0.05, 0.1) is 11.1 Å². The molecule has 0 fully saturated rings. The maximum atomic E-state index is 4.53. The molecule has 0 radical (unpaired) electrons. The van der Waals surface area contributed by atoms with Crippen molar-refractivity contribution in [3.8, 4) is 33.5 Å². The highest BCUT2D eigenvalue weighted by Crippen LogP contribution is 2.65. The summed E-state index contributed by atoms with van der Waals surface area (Å²) in [6.07, 6.45) is 2.81. The van der Waals surface area contributed by atoms with Gasteiger partial charge in [-0.1, -0.05) is 128 Å². The minimum Gasteiger partial charge on any atom is -0.256 e. The summed E-state index contributed by atoms with van der Waals surface area (Å²) in [5.74, 6) is 0. The van der Waals surface area contributed by atoms with Crippen LogP contribution in [-0.2, 0) is 5.41 Å². The van der Waals surface area contributed by atoms with E-state index >= 15 is 0 Å². The molecule has 1 nitrogen and oxygen atoms in total. The van der Waals surface area contributed by atoms with Gasteiger partial charge >= 0.3 is 0 Å². The molecule has 0 N–H and O–H groups in total. The largest absolute Gasteiger partial charge is 0.256 e. The number of nitrogens with zero attached hydrogens (tertiary/aromatic N) is 1. The van der Waals surface area contributed by atoms with Crippen LogP contribution in [-0.4, -0.2) is 4.98 Å². The van der Waals surface area contributed by atoms with Crippen molar-refractivity contribution in [1.29, 1.82) is 0 Å². The highest BCUT2D eigenvalue weighted by molar-refractivity contribution is 6.11. The molecule has 7 aromatic rings. The third-order valence-electron chi connectivity index (χ3n) is 10.3. The smallest absolute Gasteiger partial charge is 0.0728 e. The fraction of sp³-hybridized carbons (Fsp3) is 0.0889. The molecule has 46 heavy (non-hydrogen) atoms. The van der Waals surface area contributed by atoms with E-state index in [4.69, 9.17) is 0 Å². The van der Waals surface area contributed by atoms with Gasteiger partial charge in [0.1, 0.15) is 0 Å². The topological polar surface area (TPSA) is 12.9 Å². The summed E-state index contributed by atoms with van der Waals surface area (Å²) in [5.41, 5.74) is 18.0. The SMILES string of the molecule is CCC1=C(c2ccc(-c3ccc(-c4ccccn4)cc3)cc2C)C2(c3cc4ccccc4cc31)c1ccccc1-c1ccccc12. The average Bonchev–Trinajstić information content (AvgIpc) is 3.57. The average molecular weight is 588 g/mol. The Kier molecular flexibility index (Phi) is 5.98. The van der Waals surface area contributed by atoms with Gasteiger partial charge in [-0.25, -0.2) is 0 Å². The number of allylic oxidation sites excluding steroid dienone is 2. The van der Waals surface area contributed by atoms with Crippen LogP contribution in [0.4, 0.5) is 0 Å². The van der Waals surface area contributed by atoms with Gasteiger partial charge in [-0.15, -0.1) is 0 Å². The van der Waals surface area contributed by atoms with Crippen molar-refractivity contribution in [3.63, 3.8) is 0 Å². The molecule has 1 heteroatoms. The first kappa shape index (κ1) is 26.8. The van der Waals surface area contributed by atoms with Crippen molar-refractivity contribution in [2.75, 3.05) is 0 Å². The minimum absolute atomic E-state index is 0.380. The molecule has 0 amide bonds.